The minimum Gasteiger partial charge on any atom is -0.365 e. The molecule has 1 N–H and O–H groups in total. The van der Waals surface area contributed by atoms with E-state index in [1.165, 1.54) is 0 Å². The molecule has 4 rings (SSSR count). The van der Waals surface area contributed by atoms with Gasteiger partial charge in [-0.2, -0.15) is 0 Å². The fraction of sp³-hybridized carbons (Fsp3) is 0.571. The van der Waals surface area contributed by atoms with Gasteiger partial charge in [-0.05, 0) is 50.3 Å². The summed E-state index contributed by atoms with van der Waals surface area (Å²) in [4.78, 5) is 41.2. The molecule has 2 saturated heterocycles. The summed E-state index contributed by atoms with van der Waals surface area (Å²) in [7, 11) is 0. The van der Waals surface area contributed by atoms with E-state index >= 15 is 0 Å². The number of anilines is 1. The van der Waals surface area contributed by atoms with Crippen LogP contribution in [0.15, 0.2) is 24.3 Å². The molecule has 6 nitrogen and oxygen atoms in total. The molecule has 1 aliphatic carbocycles. The quantitative estimate of drug-likeness (QED) is 0.766. The van der Waals surface area contributed by atoms with Crippen molar-refractivity contribution in [3.8, 4) is 0 Å². The summed E-state index contributed by atoms with van der Waals surface area (Å²) in [5.41, 5.74) is 0.278. The number of hydrogen-bond acceptors (Lipinski definition) is 4. The summed E-state index contributed by atoms with van der Waals surface area (Å²) in [6.45, 7) is 4.14. The van der Waals surface area contributed by atoms with E-state index in [1.54, 1.807) is 0 Å². The van der Waals surface area contributed by atoms with Crippen LogP contribution < -0.4 is 10.2 Å². The van der Waals surface area contributed by atoms with Crippen LogP contribution in [0.5, 0.6) is 0 Å². The molecule has 0 spiro atoms. The highest BCUT2D eigenvalue weighted by molar-refractivity contribution is 6.30. The van der Waals surface area contributed by atoms with Gasteiger partial charge in [0.2, 0.25) is 11.8 Å². The first-order valence-electron chi connectivity index (χ1n) is 10.0. The lowest BCUT2D eigenvalue weighted by molar-refractivity contribution is -0.133. The number of nitrogens with zero attached hydrogens (tertiary/aromatic N) is 2. The van der Waals surface area contributed by atoms with E-state index in [-0.39, 0.29) is 36.0 Å². The highest BCUT2D eigenvalue weighted by atomic mass is 35.5. The minimum atomic E-state index is -0.791. The van der Waals surface area contributed by atoms with Crippen LogP contribution in [-0.4, -0.2) is 53.7 Å². The molecule has 2 unspecified atom stereocenters. The number of hydrogen-bond donors (Lipinski definition) is 1. The van der Waals surface area contributed by atoms with Crippen molar-refractivity contribution < 1.29 is 14.4 Å². The molecule has 3 fully saturated rings. The lowest BCUT2D eigenvalue weighted by Crippen LogP contribution is -2.54. The van der Waals surface area contributed by atoms with Crippen molar-refractivity contribution in [1.82, 2.24) is 10.2 Å². The number of carbonyl (C=O) groups excluding carboxylic acids is 3. The molecule has 3 aliphatic rings. The Bertz CT molecular complexity index is 810. The molecule has 1 aromatic carbocycles. The molecular formula is C21H26ClN3O3. The summed E-state index contributed by atoms with van der Waals surface area (Å²) >= 11 is 6.11. The molecule has 0 aromatic heterocycles. The maximum Gasteiger partial charge on any atom is 0.228 e. The van der Waals surface area contributed by atoms with Crippen LogP contribution >= 0.6 is 11.6 Å². The minimum absolute atomic E-state index is 0.0352. The Morgan fingerprint density at radius 2 is 2.07 bits per heavy atom. The van der Waals surface area contributed by atoms with E-state index < -0.39 is 5.54 Å². The molecule has 0 bridgehead atoms. The molecule has 7 heteroatoms. The molecule has 2 atom stereocenters. The van der Waals surface area contributed by atoms with Gasteiger partial charge >= 0.3 is 0 Å². The van der Waals surface area contributed by atoms with Gasteiger partial charge in [-0.15, -0.1) is 0 Å². The van der Waals surface area contributed by atoms with Crippen molar-refractivity contribution in [3.05, 3.63) is 29.3 Å². The first-order valence-corrected chi connectivity index (χ1v) is 10.4. The van der Waals surface area contributed by atoms with Gasteiger partial charge in [0.25, 0.3) is 0 Å². The van der Waals surface area contributed by atoms with Gasteiger partial charge in [-0.25, -0.2) is 0 Å². The number of rotatable bonds is 5. The van der Waals surface area contributed by atoms with Crippen LogP contribution in [-0.2, 0) is 14.4 Å². The van der Waals surface area contributed by atoms with Gasteiger partial charge < -0.3 is 15.1 Å². The van der Waals surface area contributed by atoms with E-state index in [2.05, 4.69) is 17.1 Å². The molecule has 1 saturated carbocycles. The molecule has 0 radical (unpaired) electrons. The van der Waals surface area contributed by atoms with E-state index in [0.29, 0.717) is 31.0 Å². The zero-order chi connectivity index (χ0) is 19.9. The monoisotopic (exact) mass is 403 g/mol. The first-order chi connectivity index (χ1) is 13.4. The Hall–Kier alpha value is -2.08. The van der Waals surface area contributed by atoms with Gasteiger partial charge in [0.15, 0.2) is 5.78 Å². The van der Waals surface area contributed by atoms with Crippen molar-refractivity contribution in [3.63, 3.8) is 0 Å². The Morgan fingerprint density at radius 1 is 1.29 bits per heavy atom. The average molecular weight is 404 g/mol. The predicted molar refractivity (Wildman–Crippen MR) is 107 cm³/mol. The number of piperazine rings is 1. The molecule has 28 heavy (non-hydrogen) atoms. The van der Waals surface area contributed by atoms with Crippen LogP contribution in [0.4, 0.5) is 5.69 Å². The normalized spacial score (nSPS) is 27.9. The van der Waals surface area contributed by atoms with Crippen LogP contribution in [0.1, 0.15) is 39.0 Å². The maximum absolute atomic E-state index is 12.8. The summed E-state index contributed by atoms with van der Waals surface area (Å²) in [5.74, 6) is 0.0319. The highest BCUT2D eigenvalue weighted by Crippen LogP contribution is 2.45. The van der Waals surface area contributed by atoms with Crippen LogP contribution in [0.25, 0.3) is 0 Å². The third kappa shape index (κ3) is 3.62. The SMILES string of the molecule is CC1CN(C(=O)CCC2(C3CC3)NC(=O)CC2=O)CCN1c1cccc(Cl)c1. The van der Waals surface area contributed by atoms with Crippen LogP contribution in [0.3, 0.4) is 0 Å². The van der Waals surface area contributed by atoms with Gasteiger partial charge in [0.05, 0.1) is 6.42 Å². The summed E-state index contributed by atoms with van der Waals surface area (Å²) in [6, 6.07) is 7.96. The van der Waals surface area contributed by atoms with Gasteiger partial charge in [-0.3, -0.25) is 14.4 Å². The largest absolute Gasteiger partial charge is 0.365 e. The molecule has 150 valence electrons. The number of ketones is 1. The number of Topliss-reactive ketones (excluding diaryl/α,β-unsaturated/α-hetero) is 1. The Morgan fingerprint density at radius 3 is 2.68 bits per heavy atom. The van der Waals surface area contributed by atoms with Gasteiger partial charge in [-0.1, -0.05) is 17.7 Å². The topological polar surface area (TPSA) is 69.7 Å². The summed E-state index contributed by atoms with van der Waals surface area (Å²) in [5, 5.41) is 3.61. The number of amides is 2. The average Bonchev–Trinajstić information content (AvgIpc) is 3.46. The number of carbonyl (C=O) groups is 3. The van der Waals surface area contributed by atoms with E-state index in [9.17, 15) is 14.4 Å². The first kappa shape index (κ1) is 19.2. The van der Waals surface area contributed by atoms with Crippen molar-refractivity contribution in [2.45, 2.75) is 50.6 Å². The number of benzene rings is 1. The number of halogens is 1. The second-order valence-corrected chi connectivity index (χ2v) is 8.69. The lowest BCUT2D eigenvalue weighted by atomic mass is 9.85. The van der Waals surface area contributed by atoms with E-state index in [1.807, 2.05) is 29.2 Å². The Labute approximate surface area is 170 Å². The van der Waals surface area contributed by atoms with Crippen molar-refractivity contribution in [2.75, 3.05) is 24.5 Å². The third-order valence-corrected chi connectivity index (χ3v) is 6.54. The second kappa shape index (κ2) is 7.39. The van der Waals surface area contributed by atoms with Gasteiger partial charge in [0.1, 0.15) is 5.54 Å². The van der Waals surface area contributed by atoms with E-state index in [0.717, 1.165) is 25.1 Å². The Kier molecular flexibility index (Phi) is 5.08. The fourth-order valence-electron chi connectivity index (χ4n) is 4.66. The fourth-order valence-corrected chi connectivity index (χ4v) is 4.85. The third-order valence-electron chi connectivity index (χ3n) is 6.31. The smallest absolute Gasteiger partial charge is 0.228 e. The maximum atomic E-state index is 12.8. The molecule has 1 aromatic rings. The molecule has 2 heterocycles. The zero-order valence-electron chi connectivity index (χ0n) is 16.1. The van der Waals surface area contributed by atoms with Crippen LogP contribution in [0.2, 0.25) is 5.02 Å². The van der Waals surface area contributed by atoms with Crippen molar-refractivity contribution in [2.24, 2.45) is 5.92 Å². The summed E-state index contributed by atoms with van der Waals surface area (Å²) in [6.07, 6.45) is 2.58. The zero-order valence-corrected chi connectivity index (χ0v) is 16.9. The standard InChI is InChI=1S/C21H26ClN3O3/c1-14-13-24(9-10-25(14)17-4-2-3-16(22)11-17)20(28)7-8-21(15-5-6-15)18(26)12-19(27)23-21/h2-4,11,14-15H,5-10,12-13H2,1H3,(H,23,27). The lowest BCUT2D eigenvalue weighted by Gasteiger charge is -2.41. The molecular weight excluding hydrogens is 378 g/mol. The van der Waals surface area contributed by atoms with Crippen LogP contribution in [0, 0.1) is 5.92 Å². The highest BCUT2D eigenvalue weighted by Gasteiger charge is 2.55. The van der Waals surface area contributed by atoms with Crippen molar-refractivity contribution in [1.29, 1.82) is 0 Å². The molecule has 2 amide bonds. The molecule has 2 aliphatic heterocycles. The predicted octanol–water partition coefficient (Wildman–Crippen LogP) is 2.40. The van der Waals surface area contributed by atoms with E-state index in [4.69, 9.17) is 11.6 Å². The Balaban J connectivity index is 1.36. The van der Waals surface area contributed by atoms with Gasteiger partial charge in [0, 0.05) is 42.8 Å². The summed E-state index contributed by atoms with van der Waals surface area (Å²) < 4.78 is 0. The van der Waals surface area contributed by atoms with Crippen molar-refractivity contribution >= 4 is 34.9 Å². The number of nitrogens with one attached hydrogen (secondary N) is 1. The second-order valence-electron chi connectivity index (χ2n) is 8.26.